The number of aromatic nitrogens is 2. The van der Waals surface area contributed by atoms with Crippen LogP contribution in [0.25, 0.3) is 0 Å². The normalized spacial score (nSPS) is 24.3. The zero-order valence-electron chi connectivity index (χ0n) is 10.7. The average molecular weight is 244 g/mol. The number of hydrogen-bond donors (Lipinski definition) is 1. The highest BCUT2D eigenvalue weighted by Gasteiger charge is 2.31. The Bertz CT molecular complexity index is 415. The minimum atomic E-state index is 0.729. The first kappa shape index (κ1) is 10.7. The molecule has 1 aromatic heterocycles. The second-order valence-corrected chi connectivity index (χ2v) is 5.80. The molecule has 3 aliphatic rings. The van der Waals surface area contributed by atoms with Crippen molar-refractivity contribution in [2.24, 2.45) is 0 Å². The van der Waals surface area contributed by atoms with Crippen LogP contribution in [0.3, 0.4) is 0 Å². The fraction of sp³-hybridized carbons (Fsp3) is 0.714. The largest absolute Gasteiger partial charge is 0.338 e. The highest BCUT2D eigenvalue weighted by atomic mass is 15.3. The van der Waals surface area contributed by atoms with E-state index in [2.05, 4.69) is 16.3 Å². The molecule has 0 radical (unpaired) electrons. The van der Waals surface area contributed by atoms with Crippen molar-refractivity contribution in [3.05, 3.63) is 17.5 Å². The summed E-state index contributed by atoms with van der Waals surface area (Å²) < 4.78 is 0. The van der Waals surface area contributed by atoms with Crippen molar-refractivity contribution in [2.75, 3.05) is 31.1 Å². The number of rotatable bonds is 3. The van der Waals surface area contributed by atoms with Gasteiger partial charge in [0.2, 0.25) is 5.95 Å². The van der Waals surface area contributed by atoms with Crippen LogP contribution in [-0.4, -0.2) is 36.1 Å². The molecule has 96 valence electrons. The van der Waals surface area contributed by atoms with Gasteiger partial charge in [0.25, 0.3) is 0 Å². The number of nitrogens with zero attached hydrogens (tertiary/aromatic N) is 3. The van der Waals surface area contributed by atoms with Crippen molar-refractivity contribution < 1.29 is 0 Å². The molecule has 1 saturated heterocycles. The summed E-state index contributed by atoms with van der Waals surface area (Å²) in [6, 6.07) is 2.28. The molecule has 18 heavy (non-hydrogen) atoms. The smallest absolute Gasteiger partial charge is 0.225 e. The Morgan fingerprint density at radius 3 is 2.00 bits per heavy atom. The van der Waals surface area contributed by atoms with Gasteiger partial charge in [0.15, 0.2) is 0 Å². The summed E-state index contributed by atoms with van der Waals surface area (Å²) in [4.78, 5) is 12.0. The summed E-state index contributed by atoms with van der Waals surface area (Å²) in [5, 5.41) is 3.39. The van der Waals surface area contributed by atoms with Crippen molar-refractivity contribution in [2.45, 2.75) is 37.5 Å². The van der Waals surface area contributed by atoms with Crippen LogP contribution < -0.4 is 10.2 Å². The molecule has 2 heterocycles. The predicted octanol–water partition coefficient (Wildman–Crippen LogP) is 1.64. The van der Waals surface area contributed by atoms with E-state index in [9.17, 15) is 0 Å². The maximum atomic E-state index is 4.82. The monoisotopic (exact) mass is 244 g/mol. The van der Waals surface area contributed by atoms with E-state index in [1.807, 2.05) is 0 Å². The van der Waals surface area contributed by atoms with E-state index >= 15 is 0 Å². The van der Waals surface area contributed by atoms with Gasteiger partial charge in [0.05, 0.1) is 0 Å². The molecule has 1 N–H and O–H groups in total. The number of piperazine rings is 1. The Kier molecular flexibility index (Phi) is 2.50. The lowest BCUT2D eigenvalue weighted by Gasteiger charge is -2.28. The van der Waals surface area contributed by atoms with Crippen LogP contribution in [0.15, 0.2) is 6.07 Å². The first-order valence-electron chi connectivity index (χ1n) is 7.25. The SMILES string of the molecule is c1c(C2CC2)nc(N2CCNCC2)nc1C1CC1. The summed E-state index contributed by atoms with van der Waals surface area (Å²) in [5.41, 5.74) is 2.61. The second kappa shape index (κ2) is 4.19. The molecule has 0 atom stereocenters. The van der Waals surface area contributed by atoms with Crippen LogP contribution in [0, 0.1) is 0 Å². The zero-order valence-corrected chi connectivity index (χ0v) is 10.7. The van der Waals surface area contributed by atoms with Crippen LogP contribution in [0.5, 0.6) is 0 Å². The number of nitrogens with one attached hydrogen (secondary N) is 1. The van der Waals surface area contributed by atoms with Gasteiger partial charge in [-0.3, -0.25) is 0 Å². The first-order valence-corrected chi connectivity index (χ1v) is 7.25. The van der Waals surface area contributed by atoms with Gasteiger partial charge in [0.1, 0.15) is 0 Å². The lowest BCUT2D eigenvalue weighted by atomic mass is 10.2. The molecule has 4 heteroatoms. The van der Waals surface area contributed by atoms with Crippen molar-refractivity contribution >= 4 is 5.95 Å². The molecule has 0 spiro atoms. The topological polar surface area (TPSA) is 41.1 Å². The van der Waals surface area contributed by atoms with Crippen LogP contribution >= 0.6 is 0 Å². The molecule has 2 aliphatic carbocycles. The maximum Gasteiger partial charge on any atom is 0.225 e. The van der Waals surface area contributed by atoms with E-state index in [1.165, 1.54) is 37.1 Å². The summed E-state index contributed by atoms with van der Waals surface area (Å²) in [6.07, 6.45) is 5.29. The van der Waals surface area contributed by atoms with Crippen molar-refractivity contribution in [1.82, 2.24) is 15.3 Å². The summed E-state index contributed by atoms with van der Waals surface area (Å²) in [6.45, 7) is 4.18. The number of anilines is 1. The van der Waals surface area contributed by atoms with Gasteiger partial charge < -0.3 is 10.2 Å². The lowest BCUT2D eigenvalue weighted by Crippen LogP contribution is -2.44. The van der Waals surface area contributed by atoms with Gasteiger partial charge in [-0.2, -0.15) is 0 Å². The van der Waals surface area contributed by atoms with Crippen LogP contribution in [0.2, 0.25) is 0 Å². The van der Waals surface area contributed by atoms with Gasteiger partial charge in [0, 0.05) is 49.4 Å². The summed E-state index contributed by atoms with van der Waals surface area (Å²) in [7, 11) is 0. The fourth-order valence-corrected chi connectivity index (χ4v) is 2.65. The molecule has 1 aliphatic heterocycles. The predicted molar refractivity (Wildman–Crippen MR) is 71.1 cm³/mol. The molecule has 0 aromatic carbocycles. The third kappa shape index (κ3) is 2.09. The molecule has 1 aromatic rings. The van der Waals surface area contributed by atoms with Crippen molar-refractivity contribution in [1.29, 1.82) is 0 Å². The van der Waals surface area contributed by atoms with E-state index in [0.29, 0.717) is 0 Å². The molecule has 0 unspecified atom stereocenters. The Morgan fingerprint density at radius 2 is 1.50 bits per heavy atom. The third-order valence-corrected chi connectivity index (χ3v) is 4.15. The first-order chi connectivity index (χ1) is 8.90. The average Bonchev–Trinajstić information content (AvgIpc) is 3.32. The molecule has 4 rings (SSSR count). The van der Waals surface area contributed by atoms with Crippen molar-refractivity contribution in [3.8, 4) is 0 Å². The van der Waals surface area contributed by atoms with Gasteiger partial charge in [-0.1, -0.05) is 0 Å². The molecule has 3 fully saturated rings. The fourth-order valence-electron chi connectivity index (χ4n) is 2.65. The molecule has 0 bridgehead atoms. The van der Waals surface area contributed by atoms with E-state index in [-0.39, 0.29) is 0 Å². The summed E-state index contributed by atoms with van der Waals surface area (Å²) >= 11 is 0. The Hall–Kier alpha value is -1.16. The Morgan fingerprint density at radius 1 is 0.944 bits per heavy atom. The molecular weight excluding hydrogens is 224 g/mol. The van der Waals surface area contributed by atoms with E-state index in [1.54, 1.807) is 0 Å². The minimum Gasteiger partial charge on any atom is -0.338 e. The van der Waals surface area contributed by atoms with Gasteiger partial charge in [-0.25, -0.2) is 9.97 Å². The molecule has 4 nitrogen and oxygen atoms in total. The quantitative estimate of drug-likeness (QED) is 0.877. The minimum absolute atomic E-state index is 0.729. The highest BCUT2D eigenvalue weighted by molar-refractivity contribution is 5.37. The third-order valence-electron chi connectivity index (χ3n) is 4.15. The Balaban J connectivity index is 1.66. The molecular formula is C14H20N4. The van der Waals surface area contributed by atoms with Crippen LogP contribution in [-0.2, 0) is 0 Å². The summed E-state index contributed by atoms with van der Waals surface area (Å²) in [5.74, 6) is 2.45. The van der Waals surface area contributed by atoms with Gasteiger partial charge in [-0.15, -0.1) is 0 Å². The second-order valence-electron chi connectivity index (χ2n) is 5.80. The molecule has 0 amide bonds. The molecule has 2 saturated carbocycles. The van der Waals surface area contributed by atoms with E-state index in [0.717, 1.165) is 44.0 Å². The Labute approximate surface area is 108 Å². The highest BCUT2D eigenvalue weighted by Crippen LogP contribution is 2.44. The van der Waals surface area contributed by atoms with Gasteiger partial charge in [-0.05, 0) is 31.7 Å². The van der Waals surface area contributed by atoms with Crippen molar-refractivity contribution in [3.63, 3.8) is 0 Å². The van der Waals surface area contributed by atoms with Gasteiger partial charge >= 0.3 is 0 Å². The zero-order chi connectivity index (χ0) is 11.9. The van der Waals surface area contributed by atoms with Crippen LogP contribution in [0.1, 0.15) is 48.9 Å². The van der Waals surface area contributed by atoms with E-state index < -0.39 is 0 Å². The number of hydrogen-bond acceptors (Lipinski definition) is 4. The van der Waals surface area contributed by atoms with Crippen LogP contribution in [0.4, 0.5) is 5.95 Å². The lowest BCUT2D eigenvalue weighted by molar-refractivity contribution is 0.577. The van der Waals surface area contributed by atoms with E-state index in [4.69, 9.17) is 9.97 Å². The standard InChI is InChI=1S/C14H20N4/c1-2-10(1)12-9-13(11-3-4-11)17-14(16-12)18-7-5-15-6-8-18/h9-11,15H,1-8H2. The maximum absolute atomic E-state index is 4.82.